The molecule has 0 aliphatic heterocycles. The molecule has 63 heavy (non-hydrogen) atoms. The number of hydrogen-bond acceptors (Lipinski definition) is 6. The van der Waals surface area contributed by atoms with E-state index in [0.29, 0.717) is 19.3 Å². The molecule has 0 amide bonds. The van der Waals surface area contributed by atoms with Crippen molar-refractivity contribution in [1.29, 1.82) is 0 Å². The lowest BCUT2D eigenvalue weighted by Gasteiger charge is -2.18. The van der Waals surface area contributed by atoms with Crippen LogP contribution in [0.1, 0.15) is 323 Å². The fraction of sp³-hybridized carbons (Fsp3) is 0.947. The first-order chi connectivity index (χ1) is 30.9. The summed E-state index contributed by atoms with van der Waals surface area (Å²) < 4.78 is 16.9. The highest BCUT2D eigenvalue weighted by Gasteiger charge is 2.19. The molecule has 374 valence electrons. The van der Waals surface area contributed by atoms with Crippen LogP contribution in [0.3, 0.4) is 0 Å². The van der Waals surface area contributed by atoms with Gasteiger partial charge in [0.15, 0.2) is 6.10 Å². The second kappa shape index (κ2) is 51.4. The van der Waals surface area contributed by atoms with E-state index in [0.717, 1.165) is 63.7 Å². The Morgan fingerprint density at radius 2 is 0.524 bits per heavy atom. The Labute approximate surface area is 393 Å². The van der Waals surface area contributed by atoms with E-state index < -0.39 is 6.10 Å². The fourth-order valence-corrected chi connectivity index (χ4v) is 8.75. The van der Waals surface area contributed by atoms with E-state index in [1.165, 1.54) is 218 Å². The molecule has 0 saturated heterocycles. The molecular weight excluding hydrogens is 781 g/mol. The number of carbonyl (C=O) groups excluding carboxylic acids is 3. The Bertz CT molecular complexity index is 949. The third kappa shape index (κ3) is 51.3. The summed E-state index contributed by atoms with van der Waals surface area (Å²) in [5.74, 6) is -0.0305. The van der Waals surface area contributed by atoms with Crippen molar-refractivity contribution in [2.75, 3.05) is 13.2 Å². The molecule has 6 nitrogen and oxygen atoms in total. The van der Waals surface area contributed by atoms with Crippen LogP contribution in [-0.2, 0) is 28.6 Å². The van der Waals surface area contributed by atoms with Gasteiger partial charge in [0, 0.05) is 19.3 Å². The fourth-order valence-electron chi connectivity index (χ4n) is 8.75. The second-order valence-electron chi connectivity index (χ2n) is 20.1. The van der Waals surface area contributed by atoms with Gasteiger partial charge in [0.1, 0.15) is 13.2 Å². The van der Waals surface area contributed by atoms with Crippen LogP contribution in [0.5, 0.6) is 0 Å². The number of ether oxygens (including phenoxy) is 3. The summed E-state index contributed by atoms with van der Waals surface area (Å²) in [7, 11) is 0. The summed E-state index contributed by atoms with van der Waals surface area (Å²) in [5.41, 5.74) is 0. The highest BCUT2D eigenvalue weighted by molar-refractivity contribution is 5.71. The first kappa shape index (κ1) is 61.4. The number of unbranched alkanes of at least 4 members (excludes halogenated alkanes) is 39. The number of hydrogen-bond donors (Lipinski definition) is 0. The first-order valence-corrected chi connectivity index (χ1v) is 28.4. The van der Waals surface area contributed by atoms with Crippen LogP contribution in [0, 0.1) is 5.92 Å². The lowest BCUT2D eigenvalue weighted by Crippen LogP contribution is -2.30. The van der Waals surface area contributed by atoms with Crippen LogP contribution >= 0.6 is 0 Å². The molecule has 0 N–H and O–H groups in total. The van der Waals surface area contributed by atoms with Crippen molar-refractivity contribution in [3.63, 3.8) is 0 Å². The molecule has 1 atom stereocenters. The van der Waals surface area contributed by atoms with E-state index in [9.17, 15) is 14.4 Å². The lowest BCUT2D eigenvalue weighted by atomic mass is 10.0. The third-order valence-electron chi connectivity index (χ3n) is 13.0. The minimum Gasteiger partial charge on any atom is -0.462 e. The summed E-state index contributed by atoms with van der Waals surface area (Å²) in [5, 5.41) is 0. The normalized spacial score (nSPS) is 12.0. The lowest BCUT2D eigenvalue weighted by molar-refractivity contribution is -0.167. The predicted octanol–water partition coefficient (Wildman–Crippen LogP) is 18.6. The highest BCUT2D eigenvalue weighted by atomic mass is 16.6. The minimum atomic E-state index is -0.761. The van der Waals surface area contributed by atoms with Gasteiger partial charge in [-0.2, -0.15) is 0 Å². The van der Waals surface area contributed by atoms with Gasteiger partial charge >= 0.3 is 17.9 Å². The summed E-state index contributed by atoms with van der Waals surface area (Å²) >= 11 is 0. The molecule has 0 radical (unpaired) electrons. The van der Waals surface area contributed by atoms with Gasteiger partial charge in [0.2, 0.25) is 0 Å². The van der Waals surface area contributed by atoms with Crippen molar-refractivity contribution in [2.24, 2.45) is 5.92 Å². The van der Waals surface area contributed by atoms with Crippen LogP contribution in [0.15, 0.2) is 0 Å². The summed E-state index contributed by atoms with van der Waals surface area (Å²) in [4.78, 5) is 38.1. The summed E-state index contributed by atoms with van der Waals surface area (Å²) in [6, 6.07) is 0. The molecule has 0 saturated carbocycles. The Morgan fingerprint density at radius 3 is 0.778 bits per heavy atom. The van der Waals surface area contributed by atoms with Gasteiger partial charge in [0.05, 0.1) is 0 Å². The van der Waals surface area contributed by atoms with Crippen molar-refractivity contribution in [3.05, 3.63) is 0 Å². The van der Waals surface area contributed by atoms with Crippen LogP contribution in [0.25, 0.3) is 0 Å². The van der Waals surface area contributed by atoms with E-state index >= 15 is 0 Å². The molecule has 0 spiro atoms. The molecule has 0 aromatic carbocycles. The second-order valence-corrected chi connectivity index (χ2v) is 20.1. The Hall–Kier alpha value is -1.59. The molecular formula is C57H110O6. The summed E-state index contributed by atoms with van der Waals surface area (Å²) in [6.07, 6.45) is 55.2. The Kier molecular flexibility index (Phi) is 50.1. The van der Waals surface area contributed by atoms with E-state index in [1.54, 1.807) is 0 Å². The van der Waals surface area contributed by atoms with Gasteiger partial charge in [-0.05, 0) is 25.2 Å². The van der Waals surface area contributed by atoms with Crippen LogP contribution in [0.4, 0.5) is 0 Å². The van der Waals surface area contributed by atoms with Crippen molar-refractivity contribution in [3.8, 4) is 0 Å². The van der Waals surface area contributed by atoms with Gasteiger partial charge < -0.3 is 14.2 Å². The van der Waals surface area contributed by atoms with Crippen molar-refractivity contribution in [1.82, 2.24) is 0 Å². The molecule has 0 aliphatic rings. The molecule has 0 aromatic heterocycles. The van der Waals surface area contributed by atoms with E-state index in [2.05, 4.69) is 27.7 Å². The molecule has 6 heteroatoms. The quantitative estimate of drug-likeness (QED) is 0.0344. The van der Waals surface area contributed by atoms with Crippen molar-refractivity contribution >= 4 is 17.9 Å². The minimum absolute atomic E-state index is 0.0623. The number of rotatable bonds is 52. The van der Waals surface area contributed by atoms with E-state index in [4.69, 9.17) is 14.2 Å². The smallest absolute Gasteiger partial charge is 0.306 e. The molecule has 0 bridgehead atoms. The summed E-state index contributed by atoms with van der Waals surface area (Å²) in [6.45, 7) is 9.03. The maximum absolute atomic E-state index is 12.8. The Balaban J connectivity index is 4.26. The topological polar surface area (TPSA) is 78.9 Å². The molecule has 0 unspecified atom stereocenters. The zero-order valence-electron chi connectivity index (χ0n) is 43.0. The maximum Gasteiger partial charge on any atom is 0.306 e. The molecule has 0 aliphatic carbocycles. The SMILES string of the molecule is CCCCCCCCCCCCCCCCCCCCCC(=O)OC[C@H](COC(=O)CCCCCCCCCCCC(C)C)OC(=O)CCCCCCCCCCCCCCCC. The molecule has 0 aromatic rings. The average Bonchev–Trinajstić information content (AvgIpc) is 3.27. The van der Waals surface area contributed by atoms with Gasteiger partial charge in [-0.1, -0.05) is 285 Å². The highest BCUT2D eigenvalue weighted by Crippen LogP contribution is 2.18. The van der Waals surface area contributed by atoms with Crippen molar-refractivity contribution in [2.45, 2.75) is 329 Å². The van der Waals surface area contributed by atoms with Crippen LogP contribution in [0.2, 0.25) is 0 Å². The van der Waals surface area contributed by atoms with E-state index in [-0.39, 0.29) is 31.1 Å². The van der Waals surface area contributed by atoms with Gasteiger partial charge in [-0.3, -0.25) is 14.4 Å². The monoisotopic (exact) mass is 891 g/mol. The standard InChI is InChI=1S/C57H110O6/c1-5-7-9-11-13-15-17-19-21-22-23-24-25-27-28-32-36-40-44-48-55(58)61-51-54(52-62-56(59)49-45-41-37-34-30-31-35-39-43-47-53(3)4)63-57(60)50-46-42-38-33-29-26-20-18-16-14-12-10-8-6-2/h53-54H,5-52H2,1-4H3/t54-/m1/s1. The number of carbonyl (C=O) groups is 3. The molecule has 0 rings (SSSR count). The zero-order valence-corrected chi connectivity index (χ0v) is 43.0. The van der Waals surface area contributed by atoms with Gasteiger partial charge in [-0.25, -0.2) is 0 Å². The van der Waals surface area contributed by atoms with Crippen molar-refractivity contribution < 1.29 is 28.6 Å². The predicted molar refractivity (Wildman–Crippen MR) is 270 cm³/mol. The molecule has 0 fully saturated rings. The van der Waals surface area contributed by atoms with E-state index in [1.807, 2.05) is 0 Å². The Morgan fingerprint density at radius 1 is 0.302 bits per heavy atom. The van der Waals surface area contributed by atoms with Crippen LogP contribution < -0.4 is 0 Å². The maximum atomic E-state index is 12.8. The van der Waals surface area contributed by atoms with Gasteiger partial charge in [-0.15, -0.1) is 0 Å². The number of esters is 3. The van der Waals surface area contributed by atoms with Gasteiger partial charge in [0.25, 0.3) is 0 Å². The first-order valence-electron chi connectivity index (χ1n) is 28.4. The largest absolute Gasteiger partial charge is 0.462 e. The zero-order chi connectivity index (χ0) is 45.9. The third-order valence-corrected chi connectivity index (χ3v) is 13.0. The molecule has 0 heterocycles. The van der Waals surface area contributed by atoms with Crippen LogP contribution in [-0.4, -0.2) is 37.2 Å². The average molecular weight is 892 g/mol.